The predicted octanol–water partition coefficient (Wildman–Crippen LogP) is 2.85. The second-order valence-corrected chi connectivity index (χ2v) is 6.98. The SMILES string of the molecule is O=C1C[C@@H](c2c(Cl)nc3sccn23)c2c(nc3ccccn23)CN1. The lowest BCUT2D eigenvalue weighted by Crippen LogP contribution is -2.22. The molecule has 0 bridgehead atoms. The standard InChI is InChI=1S/C16H12ClN5OS/c17-15-14(22-5-6-24-16(22)20-15)9-7-12(23)18-8-10-13(9)21-4-2-1-3-11(21)19-10/h1-6,9H,7-8H2,(H,18,23)/t9-/m1/s1. The maximum atomic E-state index is 12.3. The van der Waals surface area contributed by atoms with E-state index in [1.54, 1.807) is 0 Å². The Kier molecular flexibility index (Phi) is 2.95. The van der Waals surface area contributed by atoms with E-state index in [9.17, 15) is 4.79 Å². The Morgan fingerprint density at radius 1 is 1.21 bits per heavy atom. The van der Waals surface area contributed by atoms with Crippen LogP contribution < -0.4 is 5.32 Å². The molecule has 0 saturated carbocycles. The number of carbonyl (C=O) groups excluding carboxylic acids is 1. The number of imidazole rings is 2. The van der Waals surface area contributed by atoms with Crippen molar-refractivity contribution in [2.24, 2.45) is 0 Å². The van der Waals surface area contributed by atoms with E-state index in [4.69, 9.17) is 11.6 Å². The largest absolute Gasteiger partial charge is 0.350 e. The number of carbonyl (C=O) groups is 1. The van der Waals surface area contributed by atoms with Crippen LogP contribution in [0.2, 0.25) is 5.15 Å². The van der Waals surface area contributed by atoms with Gasteiger partial charge in [-0.05, 0) is 12.1 Å². The van der Waals surface area contributed by atoms with Crippen LogP contribution >= 0.6 is 22.9 Å². The molecule has 120 valence electrons. The molecule has 0 aliphatic carbocycles. The Hall–Kier alpha value is -2.38. The molecular weight excluding hydrogens is 346 g/mol. The van der Waals surface area contributed by atoms with Crippen LogP contribution in [0.3, 0.4) is 0 Å². The van der Waals surface area contributed by atoms with Gasteiger partial charge in [-0.3, -0.25) is 9.20 Å². The van der Waals surface area contributed by atoms with Gasteiger partial charge in [-0.25, -0.2) is 9.97 Å². The Morgan fingerprint density at radius 3 is 3.04 bits per heavy atom. The van der Waals surface area contributed by atoms with Gasteiger partial charge in [0.25, 0.3) is 0 Å². The van der Waals surface area contributed by atoms with E-state index >= 15 is 0 Å². The highest BCUT2D eigenvalue weighted by atomic mass is 35.5. The van der Waals surface area contributed by atoms with Crippen molar-refractivity contribution in [3.8, 4) is 0 Å². The average Bonchev–Trinajstić information content (AvgIpc) is 3.20. The number of nitrogens with one attached hydrogen (secondary N) is 1. The van der Waals surface area contributed by atoms with Crippen LogP contribution in [0.1, 0.15) is 29.4 Å². The summed E-state index contributed by atoms with van der Waals surface area (Å²) in [4.78, 5) is 22.2. The number of aromatic nitrogens is 4. The zero-order valence-electron chi connectivity index (χ0n) is 12.4. The first-order chi connectivity index (χ1) is 11.7. The van der Waals surface area contributed by atoms with Gasteiger partial charge in [-0.15, -0.1) is 11.3 Å². The van der Waals surface area contributed by atoms with Crippen LogP contribution in [0.5, 0.6) is 0 Å². The number of pyridine rings is 1. The monoisotopic (exact) mass is 357 g/mol. The number of rotatable bonds is 1. The first-order valence-electron chi connectivity index (χ1n) is 7.56. The number of thiazole rings is 1. The minimum atomic E-state index is -0.197. The topological polar surface area (TPSA) is 63.7 Å². The summed E-state index contributed by atoms with van der Waals surface area (Å²) in [5.41, 5.74) is 3.58. The molecule has 6 nitrogen and oxygen atoms in total. The zero-order valence-corrected chi connectivity index (χ0v) is 14.0. The summed E-state index contributed by atoms with van der Waals surface area (Å²) in [6.07, 6.45) is 4.24. The molecule has 8 heteroatoms. The molecule has 1 amide bonds. The third-order valence-electron chi connectivity index (χ3n) is 4.40. The van der Waals surface area contributed by atoms with E-state index in [1.807, 2.05) is 44.8 Å². The van der Waals surface area contributed by atoms with Gasteiger partial charge in [0.15, 0.2) is 10.1 Å². The number of hydrogen-bond acceptors (Lipinski definition) is 4. The fraction of sp³-hybridized carbons (Fsp3) is 0.188. The first kappa shape index (κ1) is 14.0. The Bertz CT molecular complexity index is 1090. The lowest BCUT2D eigenvalue weighted by Gasteiger charge is -2.15. The van der Waals surface area contributed by atoms with Crippen LogP contribution in [0, 0.1) is 0 Å². The smallest absolute Gasteiger partial charge is 0.221 e. The van der Waals surface area contributed by atoms with Gasteiger partial charge in [-0.2, -0.15) is 0 Å². The summed E-state index contributed by atoms with van der Waals surface area (Å²) in [6.45, 7) is 0.426. The van der Waals surface area contributed by atoms with Gasteiger partial charge in [0.05, 0.1) is 29.5 Å². The molecule has 0 unspecified atom stereocenters. The summed E-state index contributed by atoms with van der Waals surface area (Å²) >= 11 is 7.97. The molecule has 0 saturated heterocycles. The van der Waals surface area contributed by atoms with Crippen LogP contribution in [0.4, 0.5) is 0 Å². The molecule has 5 heterocycles. The quantitative estimate of drug-likeness (QED) is 0.569. The lowest BCUT2D eigenvalue weighted by molar-refractivity contribution is -0.121. The van der Waals surface area contributed by atoms with Crippen molar-refractivity contribution in [3.05, 3.63) is 58.2 Å². The summed E-state index contributed by atoms with van der Waals surface area (Å²) in [7, 11) is 0. The van der Waals surface area contributed by atoms with Crippen LogP contribution in [-0.2, 0) is 11.3 Å². The summed E-state index contributed by atoms with van der Waals surface area (Å²) in [6, 6.07) is 5.88. The highest BCUT2D eigenvalue weighted by Crippen LogP contribution is 2.37. The lowest BCUT2D eigenvalue weighted by atomic mass is 9.96. The number of nitrogens with zero attached hydrogens (tertiary/aromatic N) is 4. The average molecular weight is 358 g/mol. The van der Waals surface area contributed by atoms with E-state index in [2.05, 4.69) is 15.3 Å². The molecule has 1 N–H and O–H groups in total. The predicted molar refractivity (Wildman–Crippen MR) is 91.6 cm³/mol. The molecule has 1 aliphatic rings. The van der Waals surface area contributed by atoms with Gasteiger partial charge >= 0.3 is 0 Å². The maximum absolute atomic E-state index is 12.3. The number of halogens is 1. The Balaban J connectivity index is 1.83. The highest BCUT2D eigenvalue weighted by Gasteiger charge is 2.32. The molecule has 0 aromatic carbocycles. The summed E-state index contributed by atoms with van der Waals surface area (Å²) < 4.78 is 4.02. The van der Waals surface area contributed by atoms with Crippen LogP contribution in [0.25, 0.3) is 10.6 Å². The minimum Gasteiger partial charge on any atom is -0.350 e. The van der Waals surface area contributed by atoms with Crippen molar-refractivity contribution >= 4 is 39.5 Å². The molecule has 1 atom stereocenters. The Morgan fingerprint density at radius 2 is 2.12 bits per heavy atom. The highest BCUT2D eigenvalue weighted by molar-refractivity contribution is 7.15. The van der Waals surface area contributed by atoms with E-state index < -0.39 is 0 Å². The molecular formula is C16H12ClN5OS. The van der Waals surface area contributed by atoms with Gasteiger partial charge in [0.2, 0.25) is 5.91 Å². The molecule has 0 fully saturated rings. The van der Waals surface area contributed by atoms with Gasteiger partial charge in [0.1, 0.15) is 5.65 Å². The van der Waals surface area contributed by atoms with Crippen LogP contribution in [-0.4, -0.2) is 24.7 Å². The molecule has 0 spiro atoms. The molecule has 1 aliphatic heterocycles. The fourth-order valence-corrected chi connectivity index (χ4v) is 4.49. The molecule has 4 aromatic rings. The number of fused-ring (bicyclic) bond motifs is 4. The van der Waals surface area contributed by atoms with Gasteiger partial charge in [-0.1, -0.05) is 17.7 Å². The second-order valence-electron chi connectivity index (χ2n) is 5.75. The maximum Gasteiger partial charge on any atom is 0.221 e. The minimum absolute atomic E-state index is 0.0103. The van der Waals surface area contributed by atoms with Gasteiger partial charge in [0, 0.05) is 24.2 Å². The normalized spacial score (nSPS) is 17.9. The first-order valence-corrected chi connectivity index (χ1v) is 8.81. The van der Waals surface area contributed by atoms with Gasteiger partial charge < -0.3 is 9.72 Å². The van der Waals surface area contributed by atoms with Crippen molar-refractivity contribution in [3.63, 3.8) is 0 Å². The van der Waals surface area contributed by atoms with E-state index in [1.165, 1.54) is 11.3 Å². The van der Waals surface area contributed by atoms with E-state index in [-0.39, 0.29) is 11.8 Å². The van der Waals surface area contributed by atoms with Crippen molar-refractivity contribution in [1.29, 1.82) is 0 Å². The molecule has 24 heavy (non-hydrogen) atoms. The summed E-state index contributed by atoms with van der Waals surface area (Å²) in [5.74, 6) is -0.207. The van der Waals surface area contributed by atoms with Crippen LogP contribution in [0.15, 0.2) is 36.0 Å². The molecule has 0 radical (unpaired) electrons. The number of hydrogen-bond donors (Lipinski definition) is 1. The zero-order chi connectivity index (χ0) is 16.3. The fourth-order valence-electron chi connectivity index (χ4n) is 3.41. The molecule has 4 aromatic heterocycles. The third kappa shape index (κ3) is 1.91. The van der Waals surface area contributed by atoms with E-state index in [0.29, 0.717) is 18.1 Å². The van der Waals surface area contributed by atoms with Crippen molar-refractivity contribution in [2.45, 2.75) is 18.9 Å². The second kappa shape index (κ2) is 5.06. The van der Waals surface area contributed by atoms with Crippen molar-refractivity contribution in [2.75, 3.05) is 0 Å². The van der Waals surface area contributed by atoms with Crippen molar-refractivity contribution < 1.29 is 4.79 Å². The van der Waals surface area contributed by atoms with E-state index in [0.717, 1.165) is 27.7 Å². The Labute approximate surface area is 145 Å². The molecule has 5 rings (SSSR count). The summed E-state index contributed by atoms with van der Waals surface area (Å²) in [5, 5.41) is 5.34. The third-order valence-corrected chi connectivity index (χ3v) is 5.43. The number of amides is 1. The van der Waals surface area contributed by atoms with Crippen molar-refractivity contribution in [1.82, 2.24) is 24.1 Å².